The second-order valence-electron chi connectivity index (χ2n) is 5.70. The lowest BCUT2D eigenvalue weighted by atomic mass is 10.0. The Kier molecular flexibility index (Phi) is 4.85. The van der Waals surface area contributed by atoms with Gasteiger partial charge in [-0.15, -0.1) is 0 Å². The molecular formula is C17H22N2O3. The highest BCUT2D eigenvalue weighted by Gasteiger charge is 2.18. The van der Waals surface area contributed by atoms with Gasteiger partial charge in [0.2, 0.25) is 5.91 Å². The average Bonchev–Trinajstić information content (AvgIpc) is 2.90. The van der Waals surface area contributed by atoms with Crippen LogP contribution in [0.5, 0.6) is 0 Å². The molecule has 1 unspecified atom stereocenters. The lowest BCUT2D eigenvalue weighted by Gasteiger charge is -2.19. The fraction of sp³-hybridized carbons (Fsp3) is 0.412. The Morgan fingerprint density at radius 1 is 1.32 bits per heavy atom. The number of benzene rings is 1. The highest BCUT2D eigenvalue weighted by atomic mass is 16.4. The molecule has 5 heteroatoms. The Bertz CT molecular complexity index is 690. The van der Waals surface area contributed by atoms with E-state index in [4.69, 9.17) is 5.11 Å². The van der Waals surface area contributed by atoms with Crippen molar-refractivity contribution in [2.45, 2.75) is 26.7 Å². The van der Waals surface area contributed by atoms with Crippen molar-refractivity contribution in [1.29, 1.82) is 0 Å². The number of carbonyl (C=O) groups is 2. The van der Waals surface area contributed by atoms with Crippen LogP contribution in [-0.2, 0) is 22.4 Å². The number of aliphatic carboxylic acids is 1. The summed E-state index contributed by atoms with van der Waals surface area (Å²) in [4.78, 5) is 27.9. The maximum absolute atomic E-state index is 12.3. The van der Waals surface area contributed by atoms with Gasteiger partial charge in [0.05, 0.1) is 12.3 Å². The van der Waals surface area contributed by atoms with E-state index in [1.165, 1.54) is 10.5 Å². The summed E-state index contributed by atoms with van der Waals surface area (Å²) in [5.41, 5.74) is 3.25. The smallest absolute Gasteiger partial charge is 0.308 e. The lowest BCUT2D eigenvalue weighted by Crippen LogP contribution is -2.34. The predicted octanol–water partition coefficient (Wildman–Crippen LogP) is 2.45. The van der Waals surface area contributed by atoms with Crippen molar-refractivity contribution >= 4 is 22.8 Å². The molecule has 0 aliphatic rings. The van der Waals surface area contributed by atoms with Crippen LogP contribution in [0.1, 0.15) is 25.0 Å². The van der Waals surface area contributed by atoms with E-state index in [-0.39, 0.29) is 18.9 Å². The summed E-state index contributed by atoms with van der Waals surface area (Å²) in [5, 5.41) is 9.99. The zero-order valence-corrected chi connectivity index (χ0v) is 13.2. The number of nitrogens with one attached hydrogen (secondary N) is 1. The number of carboxylic acid groups (broad SMARTS) is 1. The number of amides is 1. The van der Waals surface area contributed by atoms with E-state index in [0.717, 1.165) is 22.9 Å². The number of hydrogen-bond acceptors (Lipinski definition) is 2. The molecule has 0 aliphatic carbocycles. The third kappa shape index (κ3) is 3.30. The highest BCUT2D eigenvalue weighted by molar-refractivity contribution is 5.90. The minimum Gasteiger partial charge on any atom is -0.481 e. The molecular weight excluding hydrogens is 280 g/mol. The average molecular weight is 302 g/mol. The Labute approximate surface area is 129 Å². The quantitative estimate of drug-likeness (QED) is 0.861. The maximum atomic E-state index is 12.3. The minimum absolute atomic E-state index is 0.0732. The first-order valence-corrected chi connectivity index (χ1v) is 7.48. The predicted molar refractivity (Wildman–Crippen MR) is 85.8 cm³/mol. The molecule has 2 rings (SSSR count). The lowest BCUT2D eigenvalue weighted by molar-refractivity contribution is -0.142. The third-order valence-electron chi connectivity index (χ3n) is 4.01. The number of hydrogen-bond donors (Lipinski definition) is 2. The molecule has 5 nitrogen and oxygen atoms in total. The van der Waals surface area contributed by atoms with Gasteiger partial charge in [0.15, 0.2) is 0 Å². The van der Waals surface area contributed by atoms with Crippen LogP contribution in [0.4, 0.5) is 0 Å². The van der Waals surface area contributed by atoms with Crippen molar-refractivity contribution in [2.24, 2.45) is 5.92 Å². The molecule has 2 aromatic rings. The van der Waals surface area contributed by atoms with Gasteiger partial charge in [0, 0.05) is 30.7 Å². The van der Waals surface area contributed by atoms with Crippen LogP contribution in [0.15, 0.2) is 24.4 Å². The summed E-state index contributed by atoms with van der Waals surface area (Å²) >= 11 is 0. The molecule has 0 fully saturated rings. The van der Waals surface area contributed by atoms with Crippen LogP contribution in [0.2, 0.25) is 0 Å². The summed E-state index contributed by atoms with van der Waals surface area (Å²) in [6, 6.07) is 6.08. The van der Waals surface area contributed by atoms with Gasteiger partial charge >= 0.3 is 5.97 Å². The molecule has 0 saturated heterocycles. The Morgan fingerprint density at radius 3 is 2.68 bits per heavy atom. The van der Waals surface area contributed by atoms with E-state index in [2.05, 4.69) is 18.0 Å². The fourth-order valence-electron chi connectivity index (χ4n) is 2.60. The van der Waals surface area contributed by atoms with Crippen molar-refractivity contribution in [3.8, 4) is 0 Å². The Morgan fingerprint density at radius 2 is 2.05 bits per heavy atom. The summed E-state index contributed by atoms with van der Waals surface area (Å²) < 4.78 is 0. The summed E-state index contributed by atoms with van der Waals surface area (Å²) in [6.45, 7) is 3.92. The summed E-state index contributed by atoms with van der Waals surface area (Å²) in [5.74, 6) is -1.53. The molecule has 0 aliphatic heterocycles. The van der Waals surface area contributed by atoms with Gasteiger partial charge in [-0.25, -0.2) is 0 Å². The van der Waals surface area contributed by atoms with Crippen LogP contribution >= 0.6 is 0 Å². The molecule has 0 saturated carbocycles. The van der Waals surface area contributed by atoms with Crippen LogP contribution < -0.4 is 0 Å². The second-order valence-corrected chi connectivity index (χ2v) is 5.70. The maximum Gasteiger partial charge on any atom is 0.308 e. The summed E-state index contributed by atoms with van der Waals surface area (Å²) in [6.07, 6.45) is 3.08. The summed E-state index contributed by atoms with van der Waals surface area (Å²) in [7, 11) is 1.65. The van der Waals surface area contributed by atoms with Gasteiger partial charge in [-0.2, -0.15) is 0 Å². The Hall–Kier alpha value is -2.30. The molecule has 1 heterocycles. The molecule has 0 spiro atoms. The largest absolute Gasteiger partial charge is 0.481 e. The number of aromatic amines is 1. The van der Waals surface area contributed by atoms with E-state index in [1.807, 2.05) is 18.3 Å². The number of carboxylic acids is 1. The van der Waals surface area contributed by atoms with E-state index >= 15 is 0 Å². The SMILES string of the molecule is CCc1cccc2c(CC(=O)N(C)CC(C)C(=O)O)c[nH]c12. The first-order chi connectivity index (χ1) is 10.4. The number of para-hydroxylation sites is 1. The number of fused-ring (bicyclic) bond motifs is 1. The standard InChI is InChI=1S/C17H22N2O3/c1-4-12-6-5-7-14-13(9-18-16(12)14)8-15(20)19(3)10-11(2)17(21)22/h5-7,9,11,18H,4,8,10H2,1-3H3,(H,21,22). The molecule has 22 heavy (non-hydrogen) atoms. The van der Waals surface area contributed by atoms with Gasteiger partial charge in [-0.1, -0.05) is 32.0 Å². The first-order valence-electron chi connectivity index (χ1n) is 7.48. The van der Waals surface area contributed by atoms with E-state index in [1.54, 1.807) is 14.0 Å². The van der Waals surface area contributed by atoms with E-state index < -0.39 is 11.9 Å². The molecule has 118 valence electrons. The molecule has 2 N–H and O–H groups in total. The minimum atomic E-state index is -0.890. The number of carbonyl (C=O) groups excluding carboxylic acids is 1. The molecule has 0 radical (unpaired) electrons. The monoisotopic (exact) mass is 302 g/mol. The van der Waals surface area contributed by atoms with Crippen molar-refractivity contribution in [3.63, 3.8) is 0 Å². The zero-order valence-electron chi connectivity index (χ0n) is 13.2. The van der Waals surface area contributed by atoms with Gasteiger partial charge in [0.25, 0.3) is 0 Å². The molecule has 1 aromatic heterocycles. The van der Waals surface area contributed by atoms with Crippen LogP contribution in [0, 0.1) is 5.92 Å². The number of nitrogens with zero attached hydrogens (tertiary/aromatic N) is 1. The van der Waals surface area contributed by atoms with E-state index in [0.29, 0.717) is 0 Å². The number of aryl methyl sites for hydroxylation is 1. The topological polar surface area (TPSA) is 73.4 Å². The number of likely N-dealkylation sites (N-methyl/N-ethyl adjacent to an activating group) is 1. The van der Waals surface area contributed by atoms with Gasteiger partial charge < -0.3 is 15.0 Å². The normalized spacial score (nSPS) is 12.3. The Balaban J connectivity index is 2.14. The van der Waals surface area contributed by atoms with Gasteiger partial charge in [-0.3, -0.25) is 9.59 Å². The van der Waals surface area contributed by atoms with Crippen molar-refractivity contribution in [2.75, 3.05) is 13.6 Å². The molecule has 1 atom stereocenters. The van der Waals surface area contributed by atoms with Crippen molar-refractivity contribution in [3.05, 3.63) is 35.5 Å². The van der Waals surface area contributed by atoms with E-state index in [9.17, 15) is 9.59 Å². The number of H-pyrrole nitrogens is 1. The molecule has 1 amide bonds. The van der Waals surface area contributed by atoms with Crippen LogP contribution in [-0.4, -0.2) is 40.5 Å². The molecule has 1 aromatic carbocycles. The van der Waals surface area contributed by atoms with Crippen molar-refractivity contribution in [1.82, 2.24) is 9.88 Å². The zero-order chi connectivity index (χ0) is 16.3. The third-order valence-corrected chi connectivity index (χ3v) is 4.01. The second kappa shape index (κ2) is 6.64. The van der Waals surface area contributed by atoms with Crippen LogP contribution in [0.25, 0.3) is 10.9 Å². The molecule has 0 bridgehead atoms. The van der Waals surface area contributed by atoms with Crippen molar-refractivity contribution < 1.29 is 14.7 Å². The number of rotatable bonds is 6. The number of aromatic nitrogens is 1. The van der Waals surface area contributed by atoms with Crippen LogP contribution in [0.3, 0.4) is 0 Å². The van der Waals surface area contributed by atoms with Gasteiger partial charge in [0.1, 0.15) is 0 Å². The first kappa shape index (κ1) is 16.1. The highest BCUT2D eigenvalue weighted by Crippen LogP contribution is 2.23. The fourth-order valence-corrected chi connectivity index (χ4v) is 2.60. The van der Waals surface area contributed by atoms with Gasteiger partial charge in [-0.05, 0) is 17.5 Å².